The summed E-state index contributed by atoms with van der Waals surface area (Å²) in [6.07, 6.45) is 0. The second-order valence-corrected chi connectivity index (χ2v) is 3.65. The fraction of sp³-hybridized carbons (Fsp3) is 0.667. The third kappa shape index (κ3) is 4.16. The van der Waals surface area contributed by atoms with Gasteiger partial charge in [0.05, 0.1) is 6.61 Å². The molecule has 0 saturated carbocycles. The van der Waals surface area contributed by atoms with Crippen LogP contribution < -0.4 is 10.1 Å². The predicted molar refractivity (Wildman–Crippen MR) is 60.7 cm³/mol. The number of ether oxygens (including phenoxy) is 1. The summed E-state index contributed by atoms with van der Waals surface area (Å²) < 4.78 is 5.12. The van der Waals surface area contributed by atoms with Crippen LogP contribution in [-0.2, 0) is 0 Å². The molecule has 16 heavy (non-hydrogen) atoms. The van der Waals surface area contributed by atoms with Crippen LogP contribution in [0.2, 0.25) is 5.28 Å². The molecular weight excluding hydrogens is 232 g/mol. The molecule has 2 N–H and O–H groups in total. The first-order valence-electron chi connectivity index (χ1n) is 5.04. The van der Waals surface area contributed by atoms with Crippen molar-refractivity contribution in [3.8, 4) is 6.01 Å². The molecule has 0 aliphatic heterocycles. The van der Waals surface area contributed by atoms with E-state index in [9.17, 15) is 0 Å². The van der Waals surface area contributed by atoms with Gasteiger partial charge in [-0.1, -0.05) is 6.92 Å². The van der Waals surface area contributed by atoms with Gasteiger partial charge in [0.15, 0.2) is 0 Å². The molecule has 0 aliphatic carbocycles. The fourth-order valence-electron chi connectivity index (χ4n) is 0.935. The first kappa shape index (κ1) is 12.9. The molecule has 1 rings (SSSR count). The summed E-state index contributed by atoms with van der Waals surface area (Å²) in [6, 6.07) is 0.196. The monoisotopic (exact) mass is 246 g/mol. The Hall–Kier alpha value is -1.14. The highest BCUT2D eigenvalue weighted by molar-refractivity contribution is 6.28. The summed E-state index contributed by atoms with van der Waals surface area (Å²) in [5.41, 5.74) is 0. The van der Waals surface area contributed by atoms with E-state index in [2.05, 4.69) is 20.3 Å². The number of hydrogen-bond acceptors (Lipinski definition) is 6. The van der Waals surface area contributed by atoms with E-state index in [4.69, 9.17) is 21.4 Å². The van der Waals surface area contributed by atoms with Crippen LogP contribution in [-0.4, -0.2) is 39.8 Å². The second kappa shape index (κ2) is 6.44. The van der Waals surface area contributed by atoms with Crippen LogP contribution in [0, 0.1) is 5.92 Å². The molecule has 1 aromatic heterocycles. The third-order valence-corrected chi connectivity index (χ3v) is 1.95. The van der Waals surface area contributed by atoms with Crippen molar-refractivity contribution < 1.29 is 9.84 Å². The molecule has 7 heteroatoms. The smallest absolute Gasteiger partial charge is 0.322 e. The maximum atomic E-state index is 8.86. The zero-order chi connectivity index (χ0) is 12.0. The van der Waals surface area contributed by atoms with Crippen molar-refractivity contribution in [3.63, 3.8) is 0 Å². The number of nitrogens with one attached hydrogen (secondary N) is 1. The quantitative estimate of drug-likeness (QED) is 0.778. The van der Waals surface area contributed by atoms with Gasteiger partial charge in [-0.3, -0.25) is 0 Å². The lowest BCUT2D eigenvalue weighted by atomic mass is 10.2. The first-order chi connectivity index (χ1) is 7.65. The highest BCUT2D eigenvalue weighted by Crippen LogP contribution is 2.11. The summed E-state index contributed by atoms with van der Waals surface area (Å²) >= 11 is 5.70. The van der Waals surface area contributed by atoms with Crippen LogP contribution in [0.5, 0.6) is 6.01 Å². The topological polar surface area (TPSA) is 80.2 Å². The molecule has 0 saturated heterocycles. The molecule has 1 unspecified atom stereocenters. The number of halogens is 1. The maximum Gasteiger partial charge on any atom is 0.322 e. The molecule has 0 aliphatic rings. The molecule has 6 nitrogen and oxygen atoms in total. The molecule has 1 heterocycles. The van der Waals surface area contributed by atoms with Crippen molar-refractivity contribution in [1.82, 2.24) is 15.0 Å². The lowest BCUT2D eigenvalue weighted by Gasteiger charge is -2.10. The molecule has 0 spiro atoms. The van der Waals surface area contributed by atoms with Gasteiger partial charge in [0.25, 0.3) is 0 Å². The Morgan fingerprint density at radius 1 is 1.44 bits per heavy atom. The van der Waals surface area contributed by atoms with E-state index in [1.807, 2.05) is 13.8 Å². The number of anilines is 1. The molecule has 90 valence electrons. The molecule has 1 aromatic rings. The molecule has 1 atom stereocenters. The molecule has 0 aromatic carbocycles. The number of aliphatic hydroxyl groups is 1. The third-order valence-electron chi connectivity index (χ3n) is 1.78. The number of hydrogen-bond donors (Lipinski definition) is 2. The van der Waals surface area contributed by atoms with Crippen LogP contribution in [0.1, 0.15) is 13.8 Å². The predicted octanol–water partition coefficient (Wildman–Crippen LogP) is 0.964. The van der Waals surface area contributed by atoms with Crippen molar-refractivity contribution in [3.05, 3.63) is 5.28 Å². The van der Waals surface area contributed by atoms with E-state index in [-0.39, 0.29) is 23.8 Å². The van der Waals surface area contributed by atoms with E-state index in [1.54, 1.807) is 0 Å². The molecule has 0 amide bonds. The molecular formula is C9H15ClN4O2. The largest absolute Gasteiger partial charge is 0.464 e. The Bertz CT molecular complexity index is 337. The van der Waals surface area contributed by atoms with Gasteiger partial charge in [-0.05, 0) is 24.4 Å². The molecule has 0 radical (unpaired) electrons. The first-order valence-corrected chi connectivity index (χ1v) is 5.42. The summed E-state index contributed by atoms with van der Waals surface area (Å²) in [6.45, 7) is 4.86. The Morgan fingerprint density at radius 3 is 2.81 bits per heavy atom. The Morgan fingerprint density at radius 2 is 2.19 bits per heavy atom. The number of aromatic nitrogens is 3. The summed E-state index contributed by atoms with van der Waals surface area (Å²) in [7, 11) is 0. The highest BCUT2D eigenvalue weighted by atomic mass is 35.5. The molecule has 0 fully saturated rings. The van der Waals surface area contributed by atoms with E-state index in [0.717, 1.165) is 0 Å². The lowest BCUT2D eigenvalue weighted by Crippen LogP contribution is -2.16. The molecule has 0 bridgehead atoms. The van der Waals surface area contributed by atoms with Crippen molar-refractivity contribution in [2.45, 2.75) is 13.8 Å². The minimum atomic E-state index is 0.0811. The van der Waals surface area contributed by atoms with Gasteiger partial charge in [0, 0.05) is 13.2 Å². The van der Waals surface area contributed by atoms with Gasteiger partial charge >= 0.3 is 6.01 Å². The van der Waals surface area contributed by atoms with Gasteiger partial charge in [0.2, 0.25) is 11.2 Å². The average Bonchev–Trinajstić information content (AvgIpc) is 2.25. The van der Waals surface area contributed by atoms with Crippen molar-refractivity contribution in [2.24, 2.45) is 5.92 Å². The Labute approximate surface area is 99.0 Å². The normalized spacial score (nSPS) is 12.2. The minimum absolute atomic E-state index is 0.0811. The van der Waals surface area contributed by atoms with E-state index in [1.165, 1.54) is 0 Å². The summed E-state index contributed by atoms with van der Waals surface area (Å²) in [4.78, 5) is 11.7. The zero-order valence-electron chi connectivity index (χ0n) is 9.27. The van der Waals surface area contributed by atoms with Crippen LogP contribution in [0.15, 0.2) is 0 Å². The van der Waals surface area contributed by atoms with E-state index in [0.29, 0.717) is 19.1 Å². The van der Waals surface area contributed by atoms with Crippen LogP contribution >= 0.6 is 11.6 Å². The fourth-order valence-corrected chi connectivity index (χ4v) is 1.09. The Kier molecular flexibility index (Phi) is 5.21. The number of aliphatic hydroxyl groups excluding tert-OH is 1. The summed E-state index contributed by atoms with van der Waals surface area (Å²) in [5.74, 6) is 0.467. The van der Waals surface area contributed by atoms with Crippen LogP contribution in [0.3, 0.4) is 0 Å². The van der Waals surface area contributed by atoms with Crippen molar-refractivity contribution in [2.75, 3.05) is 25.1 Å². The lowest BCUT2D eigenvalue weighted by molar-refractivity contribution is 0.244. The zero-order valence-corrected chi connectivity index (χ0v) is 10.0. The Balaban J connectivity index is 2.64. The van der Waals surface area contributed by atoms with Crippen LogP contribution in [0.25, 0.3) is 0 Å². The standard InChI is InChI=1S/C9H15ClN4O2/c1-3-16-9-13-7(10)12-8(14-9)11-4-6(2)5-15/h6,15H,3-5H2,1-2H3,(H,11,12,13,14). The number of rotatable bonds is 6. The summed E-state index contributed by atoms with van der Waals surface area (Å²) in [5, 5.41) is 11.9. The highest BCUT2D eigenvalue weighted by Gasteiger charge is 2.06. The second-order valence-electron chi connectivity index (χ2n) is 3.31. The van der Waals surface area contributed by atoms with Gasteiger partial charge in [-0.15, -0.1) is 0 Å². The van der Waals surface area contributed by atoms with Gasteiger partial charge < -0.3 is 15.2 Å². The minimum Gasteiger partial charge on any atom is -0.464 e. The van der Waals surface area contributed by atoms with Crippen LogP contribution in [0.4, 0.5) is 5.95 Å². The van der Waals surface area contributed by atoms with Crippen molar-refractivity contribution in [1.29, 1.82) is 0 Å². The SMILES string of the molecule is CCOc1nc(Cl)nc(NCC(C)CO)n1. The van der Waals surface area contributed by atoms with Gasteiger partial charge in [-0.25, -0.2) is 0 Å². The van der Waals surface area contributed by atoms with Gasteiger partial charge in [0.1, 0.15) is 0 Å². The van der Waals surface area contributed by atoms with E-state index < -0.39 is 0 Å². The number of nitrogens with zero attached hydrogens (tertiary/aromatic N) is 3. The van der Waals surface area contributed by atoms with E-state index >= 15 is 0 Å². The average molecular weight is 247 g/mol. The maximum absolute atomic E-state index is 8.86. The van der Waals surface area contributed by atoms with Gasteiger partial charge in [-0.2, -0.15) is 15.0 Å². The van der Waals surface area contributed by atoms with Crippen molar-refractivity contribution >= 4 is 17.5 Å².